The van der Waals surface area contributed by atoms with E-state index in [0.29, 0.717) is 30.0 Å². The number of benzene rings is 1. The molecule has 1 heterocycles. The Bertz CT molecular complexity index is 765. The van der Waals surface area contributed by atoms with E-state index in [1.807, 2.05) is 32.0 Å². The molecular formula is C16H20N4O3. The Labute approximate surface area is 134 Å². The summed E-state index contributed by atoms with van der Waals surface area (Å²) in [7, 11) is 0. The second kappa shape index (κ2) is 6.60. The van der Waals surface area contributed by atoms with Gasteiger partial charge in [-0.05, 0) is 39.3 Å². The highest BCUT2D eigenvalue weighted by Gasteiger charge is 2.21. The average molecular weight is 316 g/mol. The van der Waals surface area contributed by atoms with Gasteiger partial charge in [0.2, 0.25) is 0 Å². The minimum Gasteiger partial charge on any atom is -0.350 e. The molecule has 7 nitrogen and oxygen atoms in total. The normalized spacial score (nSPS) is 10.6. The van der Waals surface area contributed by atoms with Gasteiger partial charge in [-0.15, -0.1) is 0 Å². The third-order valence-electron chi connectivity index (χ3n) is 3.77. The molecule has 7 heteroatoms. The van der Waals surface area contributed by atoms with Crippen molar-refractivity contribution < 1.29 is 9.72 Å². The molecule has 23 heavy (non-hydrogen) atoms. The number of aromatic nitrogens is 2. The molecule has 0 aliphatic heterocycles. The summed E-state index contributed by atoms with van der Waals surface area (Å²) in [5.41, 5.74) is 3.49. The molecule has 2 aromatic rings. The Hall–Kier alpha value is -2.70. The third-order valence-corrected chi connectivity index (χ3v) is 3.77. The van der Waals surface area contributed by atoms with Gasteiger partial charge >= 0.3 is 5.69 Å². The van der Waals surface area contributed by atoms with Crippen LogP contribution in [0.25, 0.3) is 0 Å². The Morgan fingerprint density at radius 1 is 1.30 bits per heavy atom. The van der Waals surface area contributed by atoms with Crippen LogP contribution < -0.4 is 5.32 Å². The minimum atomic E-state index is -0.428. The van der Waals surface area contributed by atoms with Gasteiger partial charge in [0.1, 0.15) is 11.4 Å². The monoisotopic (exact) mass is 316 g/mol. The second-order valence-electron chi connectivity index (χ2n) is 5.57. The molecule has 0 unspecified atom stereocenters. The van der Waals surface area contributed by atoms with E-state index in [-0.39, 0.29) is 11.6 Å². The highest BCUT2D eigenvalue weighted by molar-refractivity contribution is 5.95. The van der Waals surface area contributed by atoms with Crippen molar-refractivity contribution in [3.8, 4) is 0 Å². The summed E-state index contributed by atoms with van der Waals surface area (Å²) in [6.07, 6.45) is 0. The predicted molar refractivity (Wildman–Crippen MR) is 86.6 cm³/mol. The fraction of sp³-hybridized carbons (Fsp3) is 0.375. The zero-order valence-electron chi connectivity index (χ0n) is 13.7. The fourth-order valence-corrected chi connectivity index (χ4v) is 2.52. The van der Waals surface area contributed by atoms with Gasteiger partial charge in [0, 0.05) is 12.1 Å². The molecule has 0 aliphatic rings. The molecule has 0 fully saturated rings. The quantitative estimate of drug-likeness (QED) is 0.677. The van der Waals surface area contributed by atoms with Gasteiger partial charge in [-0.2, -0.15) is 5.10 Å². The summed E-state index contributed by atoms with van der Waals surface area (Å²) in [5.74, 6) is -0.151. The lowest BCUT2D eigenvalue weighted by Crippen LogP contribution is -2.28. The number of rotatable bonds is 5. The number of aryl methyl sites for hydroxylation is 3. The molecule has 2 rings (SSSR count). The van der Waals surface area contributed by atoms with E-state index < -0.39 is 4.92 Å². The lowest BCUT2D eigenvalue weighted by atomic mass is 10.1. The van der Waals surface area contributed by atoms with Gasteiger partial charge in [-0.1, -0.05) is 17.7 Å². The molecule has 1 amide bonds. The zero-order valence-corrected chi connectivity index (χ0v) is 13.7. The Kier molecular flexibility index (Phi) is 4.78. The van der Waals surface area contributed by atoms with Crippen LogP contribution in [0.3, 0.4) is 0 Å². The topological polar surface area (TPSA) is 90.1 Å². The Morgan fingerprint density at radius 3 is 2.61 bits per heavy atom. The lowest BCUT2D eigenvalue weighted by Gasteiger charge is -2.09. The summed E-state index contributed by atoms with van der Waals surface area (Å²) in [6, 6.07) is 5.72. The third kappa shape index (κ3) is 3.56. The van der Waals surface area contributed by atoms with Crippen molar-refractivity contribution in [2.24, 2.45) is 0 Å². The van der Waals surface area contributed by atoms with Crippen LogP contribution in [0.4, 0.5) is 5.69 Å². The van der Waals surface area contributed by atoms with Gasteiger partial charge in [-0.25, -0.2) is 0 Å². The van der Waals surface area contributed by atoms with E-state index in [2.05, 4.69) is 10.4 Å². The van der Waals surface area contributed by atoms with Crippen LogP contribution in [0.1, 0.15) is 32.9 Å². The number of amides is 1. The van der Waals surface area contributed by atoms with E-state index in [9.17, 15) is 14.9 Å². The van der Waals surface area contributed by atoms with Gasteiger partial charge in [-0.3, -0.25) is 19.6 Å². The SMILES string of the molecule is Cc1ccc(C)c(C(=O)NCCn2nc(C)c([N+](=O)[O-])c2C)c1. The van der Waals surface area contributed by atoms with Crippen LogP contribution in [0.15, 0.2) is 18.2 Å². The van der Waals surface area contributed by atoms with Crippen LogP contribution in [0.5, 0.6) is 0 Å². The van der Waals surface area contributed by atoms with Gasteiger partial charge in [0.25, 0.3) is 5.91 Å². The molecule has 0 aliphatic carbocycles. The minimum absolute atomic E-state index is 0.0332. The predicted octanol–water partition coefficient (Wildman–Crippen LogP) is 2.45. The smallest absolute Gasteiger partial charge is 0.312 e. The largest absolute Gasteiger partial charge is 0.350 e. The average Bonchev–Trinajstić information content (AvgIpc) is 2.76. The van der Waals surface area contributed by atoms with E-state index >= 15 is 0 Å². The number of nitrogens with zero attached hydrogens (tertiary/aromatic N) is 3. The van der Waals surface area contributed by atoms with Crippen LogP contribution in [0, 0.1) is 37.8 Å². The first kappa shape index (κ1) is 16.7. The summed E-state index contributed by atoms with van der Waals surface area (Å²) < 4.78 is 1.55. The molecule has 0 saturated carbocycles. The number of hydrogen-bond acceptors (Lipinski definition) is 4. The molecule has 122 valence electrons. The van der Waals surface area contributed by atoms with Crippen molar-refractivity contribution in [3.63, 3.8) is 0 Å². The molecule has 0 saturated heterocycles. The summed E-state index contributed by atoms with van der Waals surface area (Å²) in [6.45, 7) is 7.83. The highest BCUT2D eigenvalue weighted by atomic mass is 16.6. The van der Waals surface area contributed by atoms with Crippen molar-refractivity contribution in [2.75, 3.05) is 6.54 Å². The van der Waals surface area contributed by atoms with Crippen LogP contribution in [-0.2, 0) is 6.54 Å². The number of carbonyl (C=O) groups excluding carboxylic acids is 1. The maximum absolute atomic E-state index is 12.2. The Balaban J connectivity index is 2.03. The van der Waals surface area contributed by atoms with Crippen LogP contribution >= 0.6 is 0 Å². The molecule has 1 aromatic carbocycles. The van der Waals surface area contributed by atoms with Crippen molar-refractivity contribution in [3.05, 3.63) is 56.4 Å². The van der Waals surface area contributed by atoms with Crippen molar-refractivity contribution in [1.29, 1.82) is 0 Å². The molecule has 1 aromatic heterocycles. The van der Waals surface area contributed by atoms with E-state index in [1.54, 1.807) is 18.5 Å². The first-order valence-corrected chi connectivity index (χ1v) is 7.35. The summed E-state index contributed by atoms with van der Waals surface area (Å²) in [4.78, 5) is 22.8. The Morgan fingerprint density at radius 2 is 2.00 bits per heavy atom. The molecular weight excluding hydrogens is 296 g/mol. The van der Waals surface area contributed by atoms with Gasteiger partial charge in [0.15, 0.2) is 0 Å². The maximum atomic E-state index is 12.2. The van der Waals surface area contributed by atoms with E-state index in [0.717, 1.165) is 11.1 Å². The first-order chi connectivity index (χ1) is 10.8. The van der Waals surface area contributed by atoms with Crippen LogP contribution in [0.2, 0.25) is 0 Å². The molecule has 0 spiro atoms. The van der Waals surface area contributed by atoms with E-state index in [4.69, 9.17) is 0 Å². The first-order valence-electron chi connectivity index (χ1n) is 7.35. The van der Waals surface area contributed by atoms with Crippen LogP contribution in [-0.4, -0.2) is 27.2 Å². The van der Waals surface area contributed by atoms with E-state index in [1.165, 1.54) is 0 Å². The fourth-order valence-electron chi connectivity index (χ4n) is 2.52. The number of nitro groups is 1. The zero-order chi connectivity index (χ0) is 17.1. The standard InChI is InChI=1S/C16H20N4O3/c1-10-5-6-11(2)14(9-10)16(21)17-7-8-19-13(4)15(20(22)23)12(3)18-19/h5-6,9H,7-8H2,1-4H3,(H,17,21). The number of hydrogen-bond donors (Lipinski definition) is 1. The summed E-state index contributed by atoms with van der Waals surface area (Å²) >= 11 is 0. The van der Waals surface area contributed by atoms with Crippen molar-refractivity contribution >= 4 is 11.6 Å². The number of carbonyl (C=O) groups is 1. The molecule has 0 atom stereocenters. The van der Waals surface area contributed by atoms with Crippen molar-refractivity contribution in [2.45, 2.75) is 34.2 Å². The van der Waals surface area contributed by atoms with Gasteiger partial charge in [0.05, 0.1) is 11.5 Å². The molecule has 1 N–H and O–H groups in total. The highest BCUT2D eigenvalue weighted by Crippen LogP contribution is 2.21. The second-order valence-corrected chi connectivity index (χ2v) is 5.57. The number of nitrogens with one attached hydrogen (secondary N) is 1. The molecule has 0 bridgehead atoms. The molecule has 0 radical (unpaired) electrons. The summed E-state index contributed by atoms with van der Waals surface area (Å²) in [5, 5.41) is 18.0. The van der Waals surface area contributed by atoms with Crippen molar-refractivity contribution in [1.82, 2.24) is 15.1 Å². The van der Waals surface area contributed by atoms with Gasteiger partial charge < -0.3 is 5.32 Å². The lowest BCUT2D eigenvalue weighted by molar-refractivity contribution is -0.386. The maximum Gasteiger partial charge on any atom is 0.312 e.